The van der Waals surface area contributed by atoms with Gasteiger partial charge in [0.25, 0.3) is 10.0 Å². The van der Waals surface area contributed by atoms with Crippen molar-refractivity contribution in [1.29, 1.82) is 0 Å². The lowest BCUT2D eigenvalue weighted by molar-refractivity contribution is 0.601. The van der Waals surface area contributed by atoms with Gasteiger partial charge in [0, 0.05) is 6.04 Å². The summed E-state index contributed by atoms with van der Waals surface area (Å²) in [4.78, 5) is 4.57. The Kier molecular flexibility index (Phi) is 3.62. The fourth-order valence-corrected chi connectivity index (χ4v) is 3.39. The zero-order valence-electron chi connectivity index (χ0n) is 12.4. The smallest absolute Gasteiger partial charge is 0.261 e. The summed E-state index contributed by atoms with van der Waals surface area (Å²) >= 11 is 0. The monoisotopic (exact) mass is 315 g/mol. The molecule has 1 N–H and O–H groups in total. The molecule has 22 heavy (non-hydrogen) atoms. The molecule has 6 heteroatoms. The van der Waals surface area contributed by atoms with Crippen molar-refractivity contribution in [2.75, 3.05) is 4.72 Å². The third kappa shape index (κ3) is 2.69. The van der Waals surface area contributed by atoms with Crippen LogP contribution in [-0.4, -0.2) is 18.0 Å². The molecule has 3 aromatic rings. The summed E-state index contributed by atoms with van der Waals surface area (Å²) in [6, 6.07) is 14.0. The second-order valence-electron chi connectivity index (χ2n) is 5.37. The van der Waals surface area contributed by atoms with Crippen molar-refractivity contribution in [2.45, 2.75) is 24.8 Å². The Morgan fingerprint density at radius 2 is 1.82 bits per heavy atom. The third-order valence-corrected chi connectivity index (χ3v) is 4.83. The number of hydrogen-bond donors (Lipinski definition) is 1. The number of rotatable bonds is 4. The van der Waals surface area contributed by atoms with E-state index in [9.17, 15) is 8.42 Å². The highest BCUT2D eigenvalue weighted by Gasteiger charge is 2.14. The minimum absolute atomic E-state index is 0.239. The molecule has 0 saturated carbocycles. The van der Waals surface area contributed by atoms with Gasteiger partial charge >= 0.3 is 0 Å². The molecule has 0 radical (unpaired) electrons. The highest BCUT2D eigenvalue weighted by molar-refractivity contribution is 7.92. The number of fused-ring (bicyclic) bond motifs is 1. The minimum Gasteiger partial charge on any atom is -0.328 e. The van der Waals surface area contributed by atoms with E-state index < -0.39 is 10.0 Å². The molecule has 0 spiro atoms. The van der Waals surface area contributed by atoms with Gasteiger partial charge in [0.1, 0.15) is 0 Å². The molecule has 114 valence electrons. The highest BCUT2D eigenvalue weighted by atomic mass is 32.2. The average Bonchev–Trinajstić information content (AvgIpc) is 2.91. The van der Waals surface area contributed by atoms with Crippen molar-refractivity contribution in [3.63, 3.8) is 0 Å². The summed E-state index contributed by atoms with van der Waals surface area (Å²) in [5.41, 5.74) is 2.25. The Balaban J connectivity index is 1.95. The lowest BCUT2D eigenvalue weighted by atomic mass is 10.2. The number of anilines is 1. The van der Waals surface area contributed by atoms with Crippen molar-refractivity contribution in [3.05, 3.63) is 54.9 Å². The SMILES string of the molecule is CC(C)n1cnc2cc(NS(=O)(=O)c3ccccc3)ccc21. The Morgan fingerprint density at radius 1 is 1.09 bits per heavy atom. The standard InChI is InChI=1S/C16H17N3O2S/c1-12(2)19-11-17-15-10-13(8-9-16(15)19)18-22(20,21)14-6-4-3-5-7-14/h3-12,18H,1-2H3. The molecule has 0 unspecified atom stereocenters. The molecule has 0 aliphatic heterocycles. The second kappa shape index (κ2) is 5.46. The van der Waals surface area contributed by atoms with Crippen LogP contribution >= 0.6 is 0 Å². The fourth-order valence-electron chi connectivity index (χ4n) is 2.32. The van der Waals surface area contributed by atoms with E-state index in [1.165, 1.54) is 0 Å². The predicted octanol–water partition coefficient (Wildman–Crippen LogP) is 3.42. The molecule has 0 bridgehead atoms. The molecule has 1 heterocycles. The number of benzene rings is 2. The fraction of sp³-hybridized carbons (Fsp3) is 0.188. The first-order valence-corrected chi connectivity index (χ1v) is 8.50. The summed E-state index contributed by atoms with van der Waals surface area (Å²) in [6.07, 6.45) is 1.77. The van der Waals surface area contributed by atoms with Crippen LogP contribution in [0.15, 0.2) is 59.8 Å². The maximum absolute atomic E-state index is 12.3. The Bertz CT molecular complexity index is 900. The molecular formula is C16H17N3O2S. The van der Waals surface area contributed by atoms with Gasteiger partial charge in [0.2, 0.25) is 0 Å². The maximum atomic E-state index is 12.3. The minimum atomic E-state index is -3.58. The van der Waals surface area contributed by atoms with E-state index >= 15 is 0 Å². The summed E-state index contributed by atoms with van der Waals surface area (Å²) in [5, 5.41) is 0. The number of nitrogens with one attached hydrogen (secondary N) is 1. The second-order valence-corrected chi connectivity index (χ2v) is 7.05. The number of imidazole rings is 1. The summed E-state index contributed by atoms with van der Waals surface area (Å²) in [6.45, 7) is 4.15. The number of aromatic nitrogens is 2. The van der Waals surface area contributed by atoms with Gasteiger partial charge in [0.05, 0.1) is 27.9 Å². The molecular weight excluding hydrogens is 298 g/mol. The molecule has 3 rings (SSSR count). The van der Waals surface area contributed by atoms with Crippen LogP contribution in [0.3, 0.4) is 0 Å². The lowest BCUT2D eigenvalue weighted by Crippen LogP contribution is -2.12. The van der Waals surface area contributed by atoms with E-state index in [4.69, 9.17) is 0 Å². The maximum Gasteiger partial charge on any atom is 0.261 e. The van der Waals surface area contributed by atoms with E-state index in [2.05, 4.69) is 23.6 Å². The van der Waals surface area contributed by atoms with Crippen LogP contribution in [0.1, 0.15) is 19.9 Å². The zero-order chi connectivity index (χ0) is 15.7. The van der Waals surface area contributed by atoms with E-state index in [0.29, 0.717) is 11.7 Å². The molecule has 0 amide bonds. The van der Waals surface area contributed by atoms with Crippen molar-refractivity contribution in [3.8, 4) is 0 Å². The Morgan fingerprint density at radius 3 is 2.50 bits per heavy atom. The summed E-state index contributed by atoms with van der Waals surface area (Å²) in [7, 11) is -3.58. The summed E-state index contributed by atoms with van der Waals surface area (Å²) < 4.78 is 29.3. The van der Waals surface area contributed by atoms with E-state index in [1.54, 1.807) is 48.8 Å². The van der Waals surface area contributed by atoms with Gasteiger partial charge < -0.3 is 4.57 Å². The van der Waals surface area contributed by atoms with Gasteiger partial charge in [-0.25, -0.2) is 13.4 Å². The third-order valence-electron chi connectivity index (χ3n) is 3.44. The van der Waals surface area contributed by atoms with Crippen LogP contribution in [0.25, 0.3) is 11.0 Å². The molecule has 0 fully saturated rings. The van der Waals surface area contributed by atoms with E-state index in [0.717, 1.165) is 11.0 Å². The molecule has 0 aliphatic carbocycles. The number of sulfonamides is 1. The first-order chi connectivity index (χ1) is 10.5. The molecule has 0 atom stereocenters. The lowest BCUT2D eigenvalue weighted by Gasteiger charge is -2.10. The number of hydrogen-bond acceptors (Lipinski definition) is 3. The highest BCUT2D eigenvalue weighted by Crippen LogP contribution is 2.23. The molecule has 2 aromatic carbocycles. The van der Waals surface area contributed by atoms with Gasteiger partial charge in [-0.1, -0.05) is 18.2 Å². The predicted molar refractivity (Wildman–Crippen MR) is 87.4 cm³/mol. The Hall–Kier alpha value is -2.34. The normalized spacial score (nSPS) is 12.0. The van der Waals surface area contributed by atoms with Crippen molar-refractivity contribution in [1.82, 2.24) is 9.55 Å². The van der Waals surface area contributed by atoms with Crippen LogP contribution in [0.4, 0.5) is 5.69 Å². The van der Waals surface area contributed by atoms with Crippen LogP contribution < -0.4 is 4.72 Å². The molecule has 0 aliphatic rings. The largest absolute Gasteiger partial charge is 0.328 e. The molecule has 1 aromatic heterocycles. The summed E-state index contributed by atoms with van der Waals surface area (Å²) in [5.74, 6) is 0. The first kappa shape index (κ1) is 14.6. The van der Waals surface area contributed by atoms with Gasteiger partial charge in [-0.15, -0.1) is 0 Å². The van der Waals surface area contributed by atoms with Crippen molar-refractivity contribution in [2.24, 2.45) is 0 Å². The topological polar surface area (TPSA) is 64.0 Å². The van der Waals surface area contributed by atoms with Gasteiger partial charge in [-0.3, -0.25) is 4.72 Å². The first-order valence-electron chi connectivity index (χ1n) is 7.02. The zero-order valence-corrected chi connectivity index (χ0v) is 13.2. The quantitative estimate of drug-likeness (QED) is 0.802. The van der Waals surface area contributed by atoms with Gasteiger partial charge in [0.15, 0.2) is 0 Å². The van der Waals surface area contributed by atoms with Crippen LogP contribution in [0.2, 0.25) is 0 Å². The number of nitrogens with zero attached hydrogens (tertiary/aromatic N) is 2. The van der Waals surface area contributed by atoms with E-state index in [-0.39, 0.29) is 4.90 Å². The average molecular weight is 315 g/mol. The van der Waals surface area contributed by atoms with Crippen molar-refractivity contribution < 1.29 is 8.42 Å². The Labute approximate surface area is 129 Å². The molecule has 5 nitrogen and oxygen atoms in total. The van der Waals surface area contributed by atoms with Crippen molar-refractivity contribution >= 4 is 26.7 Å². The molecule has 0 saturated heterocycles. The van der Waals surface area contributed by atoms with E-state index in [1.807, 2.05) is 10.6 Å². The van der Waals surface area contributed by atoms with Crippen LogP contribution in [0.5, 0.6) is 0 Å². The van der Waals surface area contributed by atoms with Gasteiger partial charge in [-0.2, -0.15) is 0 Å². The van der Waals surface area contributed by atoms with Crippen LogP contribution in [0, 0.1) is 0 Å². The van der Waals surface area contributed by atoms with Crippen LogP contribution in [-0.2, 0) is 10.0 Å². The van der Waals surface area contributed by atoms with Gasteiger partial charge in [-0.05, 0) is 44.2 Å².